The van der Waals surface area contributed by atoms with E-state index in [1.165, 1.54) is 66.3 Å². The summed E-state index contributed by atoms with van der Waals surface area (Å²) in [6, 6.07) is 40.2. The fourth-order valence-corrected chi connectivity index (χ4v) is 5.99. The van der Waals surface area contributed by atoms with Crippen molar-refractivity contribution in [1.29, 1.82) is 0 Å². The van der Waals surface area contributed by atoms with Crippen molar-refractivity contribution in [2.24, 2.45) is 0 Å². The molecule has 1 aromatic heterocycles. The second-order valence-corrected chi connectivity index (χ2v) is 10.4. The Labute approximate surface area is 206 Å². The molecule has 0 radical (unpaired) electrons. The molecule has 168 valence electrons. The van der Waals surface area contributed by atoms with Crippen LogP contribution in [0, 0.1) is 0 Å². The number of para-hydroxylation sites is 1. The van der Waals surface area contributed by atoms with E-state index < -0.39 is 0 Å². The van der Waals surface area contributed by atoms with E-state index in [2.05, 4.69) is 128 Å². The topological polar surface area (TPSA) is 15.8 Å². The van der Waals surface area contributed by atoms with Crippen LogP contribution in [0.5, 0.6) is 0 Å². The van der Waals surface area contributed by atoms with E-state index in [0.717, 1.165) is 6.42 Å². The summed E-state index contributed by atoms with van der Waals surface area (Å²) in [6.45, 7) is 4.69. The summed E-state index contributed by atoms with van der Waals surface area (Å²) in [4.78, 5) is 3.58. The molecule has 0 spiro atoms. The maximum absolute atomic E-state index is 3.58. The number of H-pyrrole nitrogens is 1. The number of aromatic amines is 1. The highest BCUT2D eigenvalue weighted by atomic mass is 14.7. The minimum absolute atomic E-state index is 0.0224. The van der Waals surface area contributed by atoms with Gasteiger partial charge in [-0.05, 0) is 69.1 Å². The van der Waals surface area contributed by atoms with Gasteiger partial charge >= 0.3 is 0 Å². The molecule has 1 N–H and O–H groups in total. The molecule has 0 atom stereocenters. The summed E-state index contributed by atoms with van der Waals surface area (Å²) in [5.41, 5.74) is 13.3. The molecular weight excluding hydrogens is 422 g/mol. The fourth-order valence-electron chi connectivity index (χ4n) is 5.99. The second kappa shape index (κ2) is 7.45. The Morgan fingerprint density at radius 3 is 2.23 bits per heavy atom. The molecule has 0 aliphatic heterocycles. The van der Waals surface area contributed by atoms with Crippen molar-refractivity contribution in [3.8, 4) is 22.3 Å². The molecule has 0 amide bonds. The summed E-state index contributed by atoms with van der Waals surface area (Å²) in [5.74, 6) is 0. The van der Waals surface area contributed by atoms with Crippen LogP contribution >= 0.6 is 0 Å². The zero-order chi connectivity index (χ0) is 23.6. The molecule has 5 aromatic carbocycles. The largest absolute Gasteiger partial charge is 0.355 e. The van der Waals surface area contributed by atoms with Gasteiger partial charge in [0.1, 0.15) is 0 Å². The molecule has 0 fully saturated rings. The van der Waals surface area contributed by atoms with E-state index in [1.54, 1.807) is 0 Å². The van der Waals surface area contributed by atoms with Crippen LogP contribution in [0.15, 0.2) is 109 Å². The van der Waals surface area contributed by atoms with Crippen molar-refractivity contribution in [3.05, 3.63) is 131 Å². The van der Waals surface area contributed by atoms with Gasteiger partial charge in [-0.25, -0.2) is 0 Å². The molecule has 1 nitrogen and oxygen atoms in total. The average Bonchev–Trinajstić information content (AvgIpc) is 3.36. The van der Waals surface area contributed by atoms with Crippen LogP contribution in [0.25, 0.3) is 44.1 Å². The maximum atomic E-state index is 3.58. The summed E-state index contributed by atoms with van der Waals surface area (Å²) < 4.78 is 0. The first-order valence-electron chi connectivity index (χ1n) is 12.4. The van der Waals surface area contributed by atoms with Gasteiger partial charge in [0, 0.05) is 27.2 Å². The van der Waals surface area contributed by atoms with Gasteiger partial charge in [-0.3, -0.25) is 0 Å². The first-order valence-corrected chi connectivity index (χ1v) is 12.4. The van der Waals surface area contributed by atoms with Gasteiger partial charge in [-0.2, -0.15) is 0 Å². The molecule has 0 saturated heterocycles. The lowest BCUT2D eigenvalue weighted by atomic mass is 9.81. The average molecular weight is 450 g/mol. The van der Waals surface area contributed by atoms with Crippen molar-refractivity contribution in [2.75, 3.05) is 0 Å². The predicted molar refractivity (Wildman–Crippen MR) is 148 cm³/mol. The SMILES string of the molecule is CC1(C)c2ccccc2-c2ccc(-c3cccc(Cc4ccc5c(c4)[nH]c4ccccc45)c3)cc21. The van der Waals surface area contributed by atoms with Crippen LogP contribution < -0.4 is 0 Å². The number of aromatic nitrogens is 1. The van der Waals surface area contributed by atoms with Crippen molar-refractivity contribution >= 4 is 21.8 Å². The molecule has 6 aromatic rings. The van der Waals surface area contributed by atoms with Gasteiger partial charge in [-0.15, -0.1) is 0 Å². The van der Waals surface area contributed by atoms with Crippen LogP contribution in [-0.2, 0) is 11.8 Å². The molecule has 35 heavy (non-hydrogen) atoms. The van der Waals surface area contributed by atoms with Crippen molar-refractivity contribution in [3.63, 3.8) is 0 Å². The lowest BCUT2D eigenvalue weighted by molar-refractivity contribution is 0.660. The Kier molecular flexibility index (Phi) is 4.32. The summed E-state index contributed by atoms with van der Waals surface area (Å²) in [5, 5.41) is 2.58. The van der Waals surface area contributed by atoms with Gasteiger partial charge in [0.05, 0.1) is 0 Å². The third-order valence-corrected chi connectivity index (χ3v) is 7.82. The lowest BCUT2D eigenvalue weighted by Gasteiger charge is -2.22. The molecule has 1 heterocycles. The van der Waals surface area contributed by atoms with Crippen molar-refractivity contribution in [1.82, 2.24) is 4.98 Å². The van der Waals surface area contributed by atoms with E-state index in [1.807, 2.05) is 0 Å². The van der Waals surface area contributed by atoms with Crippen LogP contribution in [-0.4, -0.2) is 4.98 Å². The number of benzene rings is 5. The van der Waals surface area contributed by atoms with E-state index in [9.17, 15) is 0 Å². The van der Waals surface area contributed by atoms with E-state index in [-0.39, 0.29) is 5.41 Å². The standard InChI is InChI=1S/C34H27N/c1-34(2)30-12-5-3-10-26(30)27-17-15-25(21-31(27)34)24-9-7-8-22(19-24)18-23-14-16-29-28-11-4-6-13-32(28)35-33(29)20-23/h3-17,19-21,35H,18H2,1-2H3. The zero-order valence-electron chi connectivity index (χ0n) is 20.1. The Morgan fingerprint density at radius 2 is 1.29 bits per heavy atom. The number of nitrogens with one attached hydrogen (secondary N) is 1. The van der Waals surface area contributed by atoms with Crippen LogP contribution in [0.3, 0.4) is 0 Å². The summed E-state index contributed by atoms with van der Waals surface area (Å²) >= 11 is 0. The zero-order valence-corrected chi connectivity index (χ0v) is 20.1. The van der Waals surface area contributed by atoms with Gasteiger partial charge in [0.2, 0.25) is 0 Å². The van der Waals surface area contributed by atoms with Crippen molar-refractivity contribution in [2.45, 2.75) is 25.7 Å². The molecule has 0 saturated carbocycles. The molecule has 1 aliphatic rings. The molecule has 1 aliphatic carbocycles. The van der Waals surface area contributed by atoms with Gasteiger partial charge < -0.3 is 4.98 Å². The van der Waals surface area contributed by atoms with E-state index in [4.69, 9.17) is 0 Å². The first kappa shape index (κ1) is 20.3. The first-order chi connectivity index (χ1) is 17.1. The number of rotatable bonds is 3. The number of hydrogen-bond acceptors (Lipinski definition) is 0. The van der Waals surface area contributed by atoms with Crippen molar-refractivity contribution < 1.29 is 0 Å². The fraction of sp³-hybridized carbons (Fsp3) is 0.118. The summed E-state index contributed by atoms with van der Waals surface area (Å²) in [7, 11) is 0. The minimum atomic E-state index is 0.0224. The molecule has 7 rings (SSSR count). The Hall–Kier alpha value is -4.10. The third kappa shape index (κ3) is 3.15. The van der Waals surface area contributed by atoms with Gasteiger partial charge in [-0.1, -0.05) is 105 Å². The monoisotopic (exact) mass is 449 g/mol. The maximum Gasteiger partial charge on any atom is 0.0467 e. The molecule has 0 unspecified atom stereocenters. The number of fused-ring (bicyclic) bond motifs is 6. The molecule has 1 heteroatoms. The summed E-state index contributed by atoms with van der Waals surface area (Å²) in [6.07, 6.45) is 0.918. The van der Waals surface area contributed by atoms with Crippen LogP contribution in [0.1, 0.15) is 36.1 Å². The quantitative estimate of drug-likeness (QED) is 0.278. The van der Waals surface area contributed by atoms with Crippen LogP contribution in [0.2, 0.25) is 0 Å². The Bertz CT molecular complexity index is 1750. The minimum Gasteiger partial charge on any atom is -0.355 e. The van der Waals surface area contributed by atoms with Gasteiger partial charge in [0.25, 0.3) is 0 Å². The normalized spacial score (nSPS) is 13.8. The van der Waals surface area contributed by atoms with E-state index in [0.29, 0.717) is 0 Å². The van der Waals surface area contributed by atoms with Gasteiger partial charge in [0.15, 0.2) is 0 Å². The molecule has 0 bridgehead atoms. The Morgan fingerprint density at radius 1 is 0.543 bits per heavy atom. The second-order valence-electron chi connectivity index (χ2n) is 10.4. The smallest absolute Gasteiger partial charge is 0.0467 e. The highest BCUT2D eigenvalue weighted by Gasteiger charge is 2.35. The molecular formula is C34H27N. The highest BCUT2D eigenvalue weighted by Crippen LogP contribution is 2.49. The highest BCUT2D eigenvalue weighted by molar-refractivity contribution is 6.07. The predicted octanol–water partition coefficient (Wildman–Crippen LogP) is 8.89. The van der Waals surface area contributed by atoms with E-state index >= 15 is 0 Å². The van der Waals surface area contributed by atoms with Crippen LogP contribution in [0.4, 0.5) is 0 Å². The number of hydrogen-bond donors (Lipinski definition) is 1. The third-order valence-electron chi connectivity index (χ3n) is 7.82. The lowest BCUT2D eigenvalue weighted by Crippen LogP contribution is -2.14. The Balaban J connectivity index is 1.23.